The van der Waals surface area contributed by atoms with Gasteiger partial charge in [-0.1, -0.05) is 36.4 Å². The predicted molar refractivity (Wildman–Crippen MR) is 100 cm³/mol. The van der Waals surface area contributed by atoms with E-state index >= 15 is 0 Å². The van der Waals surface area contributed by atoms with Crippen LogP contribution in [0, 0.1) is 0 Å². The number of carbonyl (C=O) groups is 1. The van der Waals surface area contributed by atoms with Gasteiger partial charge in [0.1, 0.15) is 5.69 Å². The molecule has 0 bridgehead atoms. The molecule has 0 radical (unpaired) electrons. The Kier molecular flexibility index (Phi) is 6.00. The highest BCUT2D eigenvalue weighted by atomic mass is 32.2. The van der Waals surface area contributed by atoms with Crippen LogP contribution >= 0.6 is 0 Å². The molecule has 0 N–H and O–H groups in total. The Morgan fingerprint density at radius 2 is 1.65 bits per heavy atom. The van der Waals surface area contributed by atoms with Crippen molar-refractivity contribution in [2.45, 2.75) is 12.8 Å². The minimum absolute atomic E-state index is 0.135. The molecular formula is C19H23N3O3S. The van der Waals surface area contributed by atoms with Crippen molar-refractivity contribution in [3.63, 3.8) is 0 Å². The molecule has 1 aliphatic rings. The Morgan fingerprint density at radius 3 is 2.31 bits per heavy atom. The molecule has 0 atom stereocenters. The van der Waals surface area contributed by atoms with Crippen molar-refractivity contribution >= 4 is 15.9 Å². The average Bonchev–Trinajstić information content (AvgIpc) is 2.69. The second-order valence-electron chi connectivity index (χ2n) is 6.31. The topological polar surface area (TPSA) is 70.6 Å². The van der Waals surface area contributed by atoms with E-state index in [0.29, 0.717) is 38.3 Å². The Bertz CT molecular complexity index is 818. The zero-order chi connectivity index (χ0) is 18.4. The first kappa shape index (κ1) is 18.5. The number of aromatic nitrogens is 1. The summed E-state index contributed by atoms with van der Waals surface area (Å²) in [7, 11) is -3.29. The number of hydrogen-bond donors (Lipinski definition) is 0. The fourth-order valence-corrected chi connectivity index (χ4v) is 4.54. The van der Waals surface area contributed by atoms with Crippen molar-refractivity contribution in [3.8, 4) is 0 Å². The third kappa shape index (κ3) is 4.68. The molecule has 1 aromatic carbocycles. The fraction of sp³-hybridized carbons (Fsp3) is 0.368. The van der Waals surface area contributed by atoms with Gasteiger partial charge in [-0.05, 0) is 30.5 Å². The number of benzene rings is 1. The predicted octanol–water partition coefficient (Wildman–Crippen LogP) is 1.80. The lowest BCUT2D eigenvalue weighted by Crippen LogP contribution is -2.51. The van der Waals surface area contributed by atoms with E-state index < -0.39 is 10.0 Å². The highest BCUT2D eigenvalue weighted by molar-refractivity contribution is 7.89. The van der Waals surface area contributed by atoms with Crippen LogP contribution in [0.3, 0.4) is 0 Å². The Labute approximate surface area is 154 Å². The number of nitrogens with zero attached hydrogens (tertiary/aromatic N) is 3. The summed E-state index contributed by atoms with van der Waals surface area (Å²) < 4.78 is 26.6. The second kappa shape index (κ2) is 8.42. The molecule has 1 fully saturated rings. The van der Waals surface area contributed by atoms with Crippen LogP contribution in [0.25, 0.3) is 0 Å². The van der Waals surface area contributed by atoms with Gasteiger partial charge in [0.2, 0.25) is 10.0 Å². The van der Waals surface area contributed by atoms with Crippen molar-refractivity contribution in [3.05, 3.63) is 66.0 Å². The number of amides is 1. The maximum Gasteiger partial charge on any atom is 0.272 e. The number of aryl methyl sites for hydroxylation is 1. The van der Waals surface area contributed by atoms with Crippen LogP contribution in [0.15, 0.2) is 54.7 Å². The molecule has 2 aromatic rings. The number of hydrogen-bond acceptors (Lipinski definition) is 4. The standard InChI is InChI=1S/C19H23N3O3S/c23-19(18-10-4-5-11-20-18)21-12-14-22(15-13-21)26(24,25)16-6-9-17-7-2-1-3-8-17/h1-5,7-8,10-11H,6,9,12-16H2. The molecule has 0 unspecified atom stereocenters. The molecule has 2 heterocycles. The fourth-order valence-electron chi connectivity index (χ4n) is 3.05. The van der Waals surface area contributed by atoms with Gasteiger partial charge < -0.3 is 4.90 Å². The second-order valence-corrected chi connectivity index (χ2v) is 8.40. The lowest BCUT2D eigenvalue weighted by Gasteiger charge is -2.33. The van der Waals surface area contributed by atoms with Crippen molar-refractivity contribution in [1.82, 2.24) is 14.2 Å². The summed E-state index contributed by atoms with van der Waals surface area (Å²) in [6.45, 7) is 1.47. The molecule has 26 heavy (non-hydrogen) atoms. The highest BCUT2D eigenvalue weighted by Crippen LogP contribution is 2.13. The Morgan fingerprint density at radius 1 is 0.962 bits per heavy atom. The first-order chi connectivity index (χ1) is 12.6. The molecule has 3 rings (SSSR count). The van der Waals surface area contributed by atoms with Crippen molar-refractivity contribution in [2.75, 3.05) is 31.9 Å². The van der Waals surface area contributed by atoms with Gasteiger partial charge >= 0.3 is 0 Å². The van der Waals surface area contributed by atoms with Gasteiger partial charge in [-0.25, -0.2) is 8.42 Å². The summed E-state index contributed by atoms with van der Waals surface area (Å²) in [5.41, 5.74) is 1.54. The summed E-state index contributed by atoms with van der Waals surface area (Å²) >= 11 is 0. The van der Waals surface area contributed by atoms with Gasteiger partial charge in [-0.3, -0.25) is 9.78 Å². The van der Waals surface area contributed by atoms with Crippen LogP contribution in [-0.2, 0) is 16.4 Å². The first-order valence-corrected chi connectivity index (χ1v) is 10.4. The van der Waals surface area contributed by atoms with E-state index in [0.717, 1.165) is 12.0 Å². The first-order valence-electron chi connectivity index (χ1n) is 8.78. The zero-order valence-electron chi connectivity index (χ0n) is 14.6. The van der Waals surface area contributed by atoms with Crippen molar-refractivity contribution < 1.29 is 13.2 Å². The van der Waals surface area contributed by atoms with Gasteiger partial charge in [0.15, 0.2) is 0 Å². The molecule has 1 aliphatic heterocycles. The smallest absolute Gasteiger partial charge is 0.272 e. The molecule has 138 valence electrons. The number of sulfonamides is 1. The van der Waals surface area contributed by atoms with E-state index in [1.807, 2.05) is 30.3 Å². The molecule has 0 spiro atoms. The summed E-state index contributed by atoms with van der Waals surface area (Å²) in [6.07, 6.45) is 2.93. The number of piperazine rings is 1. The largest absolute Gasteiger partial charge is 0.335 e. The summed E-state index contributed by atoms with van der Waals surface area (Å²) in [5.74, 6) is -0.0115. The van der Waals surface area contributed by atoms with Crippen LogP contribution in [0.4, 0.5) is 0 Å². The van der Waals surface area contributed by atoms with Crippen molar-refractivity contribution in [1.29, 1.82) is 0 Å². The quantitative estimate of drug-likeness (QED) is 0.774. The van der Waals surface area contributed by atoms with Crippen LogP contribution in [-0.4, -0.2) is 60.4 Å². The Hall–Kier alpha value is -2.25. The van der Waals surface area contributed by atoms with E-state index in [1.54, 1.807) is 29.3 Å². The maximum atomic E-state index is 12.5. The highest BCUT2D eigenvalue weighted by Gasteiger charge is 2.29. The third-order valence-corrected chi connectivity index (χ3v) is 6.47. The average molecular weight is 373 g/mol. The molecule has 1 saturated heterocycles. The van der Waals surface area contributed by atoms with E-state index in [1.165, 1.54) is 4.31 Å². The maximum absolute atomic E-state index is 12.5. The molecule has 6 nitrogen and oxygen atoms in total. The van der Waals surface area contributed by atoms with Gasteiger partial charge in [-0.2, -0.15) is 4.31 Å². The van der Waals surface area contributed by atoms with Crippen LogP contribution < -0.4 is 0 Å². The van der Waals surface area contributed by atoms with Crippen LogP contribution in [0.2, 0.25) is 0 Å². The summed E-state index contributed by atoms with van der Waals surface area (Å²) in [4.78, 5) is 18.1. The van der Waals surface area contributed by atoms with Crippen LogP contribution in [0.5, 0.6) is 0 Å². The van der Waals surface area contributed by atoms with E-state index in [-0.39, 0.29) is 11.7 Å². The SMILES string of the molecule is O=C(c1ccccn1)N1CCN(S(=O)(=O)CCCc2ccccc2)CC1. The summed E-state index contributed by atoms with van der Waals surface area (Å²) in [5, 5.41) is 0. The van der Waals surface area contributed by atoms with Gasteiger partial charge in [0.25, 0.3) is 5.91 Å². The number of carbonyl (C=O) groups excluding carboxylic acids is 1. The van der Waals surface area contributed by atoms with Gasteiger partial charge in [0.05, 0.1) is 5.75 Å². The zero-order valence-corrected chi connectivity index (χ0v) is 15.4. The molecule has 7 heteroatoms. The van der Waals surface area contributed by atoms with Gasteiger partial charge in [0, 0.05) is 32.4 Å². The molecule has 0 saturated carbocycles. The minimum Gasteiger partial charge on any atom is -0.335 e. The molecule has 1 aromatic heterocycles. The number of pyridine rings is 1. The minimum atomic E-state index is -3.29. The molecular weight excluding hydrogens is 350 g/mol. The van der Waals surface area contributed by atoms with Gasteiger partial charge in [-0.15, -0.1) is 0 Å². The monoisotopic (exact) mass is 373 g/mol. The van der Waals surface area contributed by atoms with E-state index in [4.69, 9.17) is 0 Å². The third-order valence-electron chi connectivity index (χ3n) is 4.51. The van der Waals surface area contributed by atoms with E-state index in [9.17, 15) is 13.2 Å². The molecule has 1 amide bonds. The van der Waals surface area contributed by atoms with Crippen molar-refractivity contribution in [2.24, 2.45) is 0 Å². The summed E-state index contributed by atoms with van der Waals surface area (Å²) in [6, 6.07) is 15.1. The lowest BCUT2D eigenvalue weighted by molar-refractivity contribution is 0.0692. The number of rotatable bonds is 6. The lowest BCUT2D eigenvalue weighted by atomic mass is 10.1. The Balaban J connectivity index is 1.49. The van der Waals surface area contributed by atoms with Crippen LogP contribution in [0.1, 0.15) is 22.5 Å². The normalized spacial score (nSPS) is 15.8. The van der Waals surface area contributed by atoms with E-state index in [2.05, 4.69) is 4.98 Å². The molecule has 0 aliphatic carbocycles.